The molecule has 1 aliphatic rings. The summed E-state index contributed by atoms with van der Waals surface area (Å²) in [7, 11) is 0. The summed E-state index contributed by atoms with van der Waals surface area (Å²) in [4.78, 5) is 51.5. The first-order chi connectivity index (χ1) is 18.6. The molecule has 0 aromatic heterocycles. The number of piperazine rings is 1. The first-order valence-electron chi connectivity index (χ1n) is 12.4. The molecule has 1 atom stereocenters. The van der Waals surface area contributed by atoms with Crippen LogP contribution in [0.1, 0.15) is 36.7 Å². The average Bonchev–Trinajstić information content (AvgIpc) is 2.82. The molecule has 2 aromatic carbocycles. The van der Waals surface area contributed by atoms with Gasteiger partial charge in [-0.15, -0.1) is 0 Å². The van der Waals surface area contributed by atoms with Crippen LogP contribution in [0.2, 0.25) is 0 Å². The van der Waals surface area contributed by atoms with Gasteiger partial charge in [-0.2, -0.15) is 13.2 Å². The zero-order valence-corrected chi connectivity index (χ0v) is 22.2. The SMILES string of the molecule is CC(C)(C)OC(=O)NC(Cc1ccc(N2CCN(CC(F)(F)F)CC2=O)cc1)C(=O)Nc1ccc(C(=O)O)cc1. The number of ether oxygens (including phenoxy) is 1. The van der Waals surface area contributed by atoms with Gasteiger partial charge < -0.3 is 25.4 Å². The Morgan fingerprint density at radius 2 is 1.62 bits per heavy atom. The van der Waals surface area contributed by atoms with Crippen LogP contribution in [0.15, 0.2) is 48.5 Å². The van der Waals surface area contributed by atoms with Gasteiger partial charge in [-0.05, 0) is 62.7 Å². The third kappa shape index (κ3) is 9.26. The second kappa shape index (κ2) is 12.4. The molecular weight excluding hydrogens is 533 g/mol. The summed E-state index contributed by atoms with van der Waals surface area (Å²) in [5.74, 6) is -2.15. The Labute approximate surface area is 229 Å². The zero-order valence-electron chi connectivity index (χ0n) is 22.2. The van der Waals surface area contributed by atoms with Crippen molar-refractivity contribution in [1.29, 1.82) is 0 Å². The van der Waals surface area contributed by atoms with Gasteiger partial charge >= 0.3 is 18.2 Å². The molecule has 0 aliphatic carbocycles. The molecule has 2 aromatic rings. The number of anilines is 2. The molecule has 0 spiro atoms. The Bertz CT molecular complexity index is 1230. The van der Waals surface area contributed by atoms with Crippen LogP contribution in [0.3, 0.4) is 0 Å². The Hall–Kier alpha value is -4.13. The van der Waals surface area contributed by atoms with Crippen molar-refractivity contribution in [1.82, 2.24) is 10.2 Å². The van der Waals surface area contributed by atoms with E-state index in [1.54, 1.807) is 45.0 Å². The van der Waals surface area contributed by atoms with Crippen molar-refractivity contribution in [2.24, 2.45) is 0 Å². The number of alkyl halides is 3. The lowest BCUT2D eigenvalue weighted by atomic mass is 10.0. The van der Waals surface area contributed by atoms with Crippen molar-refractivity contribution in [3.8, 4) is 0 Å². The van der Waals surface area contributed by atoms with E-state index in [2.05, 4.69) is 10.6 Å². The lowest BCUT2D eigenvalue weighted by Gasteiger charge is -2.34. The van der Waals surface area contributed by atoms with Crippen molar-refractivity contribution in [2.75, 3.05) is 36.4 Å². The standard InChI is InChI=1S/C27H31F3N4O6/c1-26(2,3)40-25(39)32-21(23(36)31-19-8-6-18(7-9-19)24(37)38)14-17-4-10-20(11-5-17)34-13-12-33(15-22(34)35)16-27(28,29)30/h4-11,21H,12-16H2,1-3H3,(H,31,36)(H,32,39)(H,37,38). The van der Waals surface area contributed by atoms with Gasteiger partial charge in [-0.3, -0.25) is 14.5 Å². The largest absolute Gasteiger partial charge is 0.478 e. The molecule has 1 unspecified atom stereocenters. The van der Waals surface area contributed by atoms with Crippen LogP contribution < -0.4 is 15.5 Å². The van der Waals surface area contributed by atoms with E-state index >= 15 is 0 Å². The highest BCUT2D eigenvalue weighted by atomic mass is 19.4. The van der Waals surface area contributed by atoms with Crippen LogP contribution in [0.4, 0.5) is 29.3 Å². The molecule has 1 saturated heterocycles. The van der Waals surface area contributed by atoms with Crippen molar-refractivity contribution in [3.05, 3.63) is 59.7 Å². The molecular formula is C27H31F3N4O6. The minimum absolute atomic E-state index is 0.0433. The quantitative estimate of drug-likeness (QED) is 0.446. The Kier molecular flexibility index (Phi) is 9.40. The number of carbonyl (C=O) groups is 4. The number of rotatable bonds is 8. The number of amides is 3. The number of benzene rings is 2. The maximum atomic E-state index is 13.1. The van der Waals surface area contributed by atoms with E-state index in [9.17, 15) is 32.3 Å². The Morgan fingerprint density at radius 1 is 1.00 bits per heavy atom. The van der Waals surface area contributed by atoms with E-state index in [0.29, 0.717) is 16.9 Å². The summed E-state index contributed by atoms with van der Waals surface area (Å²) in [6.07, 6.45) is -5.15. The Morgan fingerprint density at radius 3 is 2.15 bits per heavy atom. The van der Waals surface area contributed by atoms with Crippen LogP contribution in [-0.4, -0.2) is 77.9 Å². The minimum Gasteiger partial charge on any atom is -0.478 e. The Balaban J connectivity index is 1.70. The summed E-state index contributed by atoms with van der Waals surface area (Å²) >= 11 is 0. The highest BCUT2D eigenvalue weighted by Crippen LogP contribution is 2.22. The fraction of sp³-hybridized carbons (Fsp3) is 0.407. The van der Waals surface area contributed by atoms with Crippen molar-refractivity contribution < 1.29 is 42.2 Å². The van der Waals surface area contributed by atoms with Crippen LogP contribution in [0, 0.1) is 0 Å². The van der Waals surface area contributed by atoms with E-state index in [4.69, 9.17) is 9.84 Å². The van der Waals surface area contributed by atoms with Crippen molar-refractivity contribution in [2.45, 2.75) is 45.0 Å². The van der Waals surface area contributed by atoms with Crippen molar-refractivity contribution in [3.63, 3.8) is 0 Å². The average molecular weight is 565 g/mol. The van der Waals surface area contributed by atoms with E-state index in [-0.39, 0.29) is 31.6 Å². The van der Waals surface area contributed by atoms with E-state index in [0.717, 1.165) is 4.90 Å². The molecule has 1 fully saturated rings. The van der Waals surface area contributed by atoms with Gasteiger partial charge in [0.1, 0.15) is 11.6 Å². The van der Waals surface area contributed by atoms with Crippen LogP contribution in [0.5, 0.6) is 0 Å². The maximum absolute atomic E-state index is 13.1. The van der Waals surface area contributed by atoms with E-state index in [1.165, 1.54) is 29.2 Å². The second-order valence-electron chi connectivity index (χ2n) is 10.3. The molecule has 1 aliphatic heterocycles. The number of carbonyl (C=O) groups excluding carboxylic acids is 3. The molecule has 0 saturated carbocycles. The summed E-state index contributed by atoms with van der Waals surface area (Å²) in [6, 6.07) is 11.0. The third-order valence-corrected chi connectivity index (χ3v) is 5.80. The first kappa shape index (κ1) is 30.4. The molecule has 10 nitrogen and oxygen atoms in total. The molecule has 3 rings (SSSR count). The van der Waals surface area contributed by atoms with Gasteiger partial charge in [-0.25, -0.2) is 9.59 Å². The lowest BCUT2D eigenvalue weighted by molar-refractivity contribution is -0.150. The van der Waals surface area contributed by atoms with E-state index in [1.807, 2.05) is 0 Å². The number of nitrogens with one attached hydrogen (secondary N) is 2. The summed E-state index contributed by atoms with van der Waals surface area (Å²) in [5.41, 5.74) is 0.687. The summed E-state index contributed by atoms with van der Waals surface area (Å²) in [6.45, 7) is 3.70. The second-order valence-corrected chi connectivity index (χ2v) is 10.3. The number of aromatic carboxylic acids is 1. The minimum atomic E-state index is -4.39. The number of halogens is 3. The van der Waals surface area contributed by atoms with Crippen LogP contribution in [-0.2, 0) is 20.7 Å². The van der Waals surface area contributed by atoms with Gasteiger partial charge in [0.15, 0.2) is 0 Å². The zero-order chi connectivity index (χ0) is 29.7. The number of alkyl carbamates (subject to hydrolysis) is 1. The molecule has 13 heteroatoms. The number of carboxylic acids is 1. The highest BCUT2D eigenvalue weighted by Gasteiger charge is 2.35. The summed E-state index contributed by atoms with van der Waals surface area (Å²) < 4.78 is 43.3. The van der Waals surface area contributed by atoms with Gasteiger partial charge in [-0.1, -0.05) is 12.1 Å². The topological polar surface area (TPSA) is 128 Å². The summed E-state index contributed by atoms with van der Waals surface area (Å²) in [5, 5.41) is 14.3. The van der Waals surface area contributed by atoms with Crippen LogP contribution in [0.25, 0.3) is 0 Å². The van der Waals surface area contributed by atoms with Crippen LogP contribution >= 0.6 is 0 Å². The smallest absolute Gasteiger partial charge is 0.408 e. The highest BCUT2D eigenvalue weighted by molar-refractivity contribution is 5.97. The molecule has 0 radical (unpaired) electrons. The maximum Gasteiger partial charge on any atom is 0.408 e. The van der Waals surface area contributed by atoms with Gasteiger partial charge in [0.25, 0.3) is 0 Å². The van der Waals surface area contributed by atoms with Crippen molar-refractivity contribution >= 4 is 35.3 Å². The molecule has 40 heavy (non-hydrogen) atoms. The number of hydrogen-bond donors (Lipinski definition) is 3. The van der Waals surface area contributed by atoms with Gasteiger partial charge in [0.05, 0.1) is 18.7 Å². The fourth-order valence-electron chi connectivity index (χ4n) is 4.02. The molecule has 1 heterocycles. The van der Waals surface area contributed by atoms with Gasteiger partial charge in [0.2, 0.25) is 11.8 Å². The monoisotopic (exact) mass is 564 g/mol. The molecule has 0 bridgehead atoms. The molecule has 216 valence electrons. The lowest BCUT2D eigenvalue weighted by Crippen LogP contribution is -2.52. The first-order valence-corrected chi connectivity index (χ1v) is 12.4. The fourth-order valence-corrected chi connectivity index (χ4v) is 4.02. The number of nitrogens with zero attached hydrogens (tertiary/aromatic N) is 2. The van der Waals surface area contributed by atoms with E-state index < -0.39 is 48.2 Å². The predicted molar refractivity (Wildman–Crippen MR) is 140 cm³/mol. The normalized spacial score (nSPS) is 15.3. The number of hydrogen-bond acceptors (Lipinski definition) is 6. The molecule has 3 amide bonds. The third-order valence-electron chi connectivity index (χ3n) is 5.80. The number of carboxylic acid groups (broad SMARTS) is 1. The van der Waals surface area contributed by atoms with Gasteiger partial charge in [0, 0.05) is 30.9 Å². The molecule has 3 N–H and O–H groups in total. The predicted octanol–water partition coefficient (Wildman–Crippen LogP) is 3.67.